The van der Waals surface area contributed by atoms with Gasteiger partial charge in [-0.2, -0.15) is 17.0 Å². The molecule has 4 rings (SSSR count). The van der Waals surface area contributed by atoms with E-state index in [1.165, 1.54) is 8.61 Å². The monoisotopic (exact) mass is 444 g/mol. The molecule has 2 aliphatic heterocycles. The molecule has 0 bridgehead atoms. The van der Waals surface area contributed by atoms with E-state index in [4.69, 9.17) is 20.8 Å². The van der Waals surface area contributed by atoms with E-state index in [9.17, 15) is 13.2 Å². The number of piperazine rings is 1. The number of morpholine rings is 1. The molecule has 2 aliphatic rings. The van der Waals surface area contributed by atoms with E-state index in [0.717, 1.165) is 0 Å². The summed E-state index contributed by atoms with van der Waals surface area (Å²) in [5.41, 5.74) is 1.12. The number of hydrogen-bond donors (Lipinski definition) is 0. The van der Waals surface area contributed by atoms with Gasteiger partial charge in [0.2, 0.25) is 0 Å². The van der Waals surface area contributed by atoms with Crippen molar-refractivity contribution >= 4 is 32.9 Å². The Kier molecular flexibility index (Phi) is 5.75. The fourth-order valence-electron chi connectivity index (χ4n) is 3.96. The zero-order chi connectivity index (χ0) is 20.8. The van der Waals surface area contributed by atoms with Gasteiger partial charge < -0.3 is 9.15 Å². The van der Waals surface area contributed by atoms with Crippen LogP contribution in [0.5, 0.6) is 0 Å². The first-order valence-corrected chi connectivity index (χ1v) is 11.4. The summed E-state index contributed by atoms with van der Waals surface area (Å²) in [5, 5.41) is 0.504. The van der Waals surface area contributed by atoms with Crippen LogP contribution in [0.15, 0.2) is 27.4 Å². The van der Waals surface area contributed by atoms with E-state index >= 15 is 0 Å². The van der Waals surface area contributed by atoms with Crippen molar-refractivity contribution in [1.82, 2.24) is 18.1 Å². The third-order valence-corrected chi connectivity index (χ3v) is 7.55. The Balaban J connectivity index is 1.42. The molecule has 0 amide bonds. The van der Waals surface area contributed by atoms with Crippen molar-refractivity contribution < 1.29 is 17.6 Å². The second kappa shape index (κ2) is 8.01. The summed E-state index contributed by atoms with van der Waals surface area (Å²) >= 11 is 5.96. The molecule has 2 aromatic rings. The van der Waals surface area contributed by atoms with Gasteiger partial charge in [0.15, 0.2) is 5.58 Å². The van der Waals surface area contributed by atoms with E-state index in [0.29, 0.717) is 62.1 Å². The fraction of sp³-hybridized carbons (Fsp3) is 0.611. The van der Waals surface area contributed by atoms with Crippen LogP contribution in [0.25, 0.3) is 11.1 Å². The van der Waals surface area contributed by atoms with Gasteiger partial charge in [0.05, 0.1) is 24.4 Å². The maximum Gasteiger partial charge on any atom is 0.421 e. The van der Waals surface area contributed by atoms with Crippen LogP contribution in [0.1, 0.15) is 13.8 Å². The lowest BCUT2D eigenvalue weighted by molar-refractivity contribution is -0.0458. The topological polar surface area (TPSA) is 88.2 Å². The largest absolute Gasteiger partial charge is 0.421 e. The van der Waals surface area contributed by atoms with Crippen LogP contribution in [0.2, 0.25) is 5.02 Å². The average molecular weight is 445 g/mol. The predicted molar refractivity (Wildman–Crippen MR) is 109 cm³/mol. The minimum atomic E-state index is -3.53. The Hall–Kier alpha value is -1.43. The van der Waals surface area contributed by atoms with Crippen LogP contribution in [-0.2, 0) is 21.6 Å². The SMILES string of the molecule is CC1CN(S(=O)(=O)N2CCN(Cn3c(=O)oc4cc(Cl)ccc43)CC2)CC(C)O1. The van der Waals surface area contributed by atoms with Crippen molar-refractivity contribution in [1.29, 1.82) is 0 Å². The maximum absolute atomic E-state index is 13.0. The van der Waals surface area contributed by atoms with E-state index in [1.54, 1.807) is 22.8 Å². The van der Waals surface area contributed by atoms with Gasteiger partial charge in [-0.15, -0.1) is 0 Å². The highest BCUT2D eigenvalue weighted by molar-refractivity contribution is 7.86. The van der Waals surface area contributed by atoms with Crippen LogP contribution in [0.3, 0.4) is 0 Å². The first-order chi connectivity index (χ1) is 13.7. The van der Waals surface area contributed by atoms with E-state index in [1.807, 2.05) is 18.7 Å². The summed E-state index contributed by atoms with van der Waals surface area (Å²) in [6.07, 6.45) is -0.242. The molecule has 2 saturated heterocycles. The molecule has 0 spiro atoms. The minimum Gasteiger partial charge on any atom is -0.408 e. The minimum absolute atomic E-state index is 0.121. The lowest BCUT2D eigenvalue weighted by atomic mass is 10.3. The fourth-order valence-corrected chi connectivity index (χ4v) is 5.87. The van der Waals surface area contributed by atoms with Crippen molar-refractivity contribution in [2.75, 3.05) is 39.3 Å². The molecule has 2 unspecified atom stereocenters. The lowest BCUT2D eigenvalue weighted by Gasteiger charge is -2.40. The third kappa shape index (κ3) is 4.23. The lowest BCUT2D eigenvalue weighted by Crippen LogP contribution is -2.57. The molecule has 0 aliphatic carbocycles. The normalized spacial score (nSPS) is 25.6. The van der Waals surface area contributed by atoms with Crippen molar-refractivity contribution in [3.8, 4) is 0 Å². The Bertz CT molecular complexity index is 1030. The Labute approximate surface area is 174 Å². The molecule has 29 heavy (non-hydrogen) atoms. The number of fused-ring (bicyclic) bond motifs is 1. The summed E-state index contributed by atoms with van der Waals surface area (Å²) < 4.78 is 41.5. The highest BCUT2D eigenvalue weighted by Gasteiger charge is 2.36. The molecular formula is C18H25ClN4O5S. The van der Waals surface area contributed by atoms with Crippen LogP contribution >= 0.6 is 11.6 Å². The first kappa shape index (κ1) is 20.8. The number of rotatable bonds is 4. The number of nitrogens with zero attached hydrogens (tertiary/aromatic N) is 4. The number of aromatic nitrogens is 1. The molecule has 160 valence electrons. The molecule has 0 saturated carbocycles. The van der Waals surface area contributed by atoms with Gasteiger partial charge in [-0.05, 0) is 26.0 Å². The molecule has 0 N–H and O–H groups in total. The number of oxazole rings is 1. The van der Waals surface area contributed by atoms with Crippen molar-refractivity contribution in [2.45, 2.75) is 32.7 Å². The van der Waals surface area contributed by atoms with Gasteiger partial charge >= 0.3 is 5.76 Å². The number of halogens is 1. The van der Waals surface area contributed by atoms with Gasteiger partial charge in [0.25, 0.3) is 10.2 Å². The summed E-state index contributed by atoms with van der Waals surface area (Å²) in [6, 6.07) is 5.08. The van der Waals surface area contributed by atoms with Crippen molar-refractivity contribution in [3.63, 3.8) is 0 Å². The highest BCUT2D eigenvalue weighted by atomic mass is 35.5. The maximum atomic E-state index is 13.0. The van der Waals surface area contributed by atoms with Crippen LogP contribution < -0.4 is 5.76 Å². The van der Waals surface area contributed by atoms with Gasteiger partial charge in [-0.3, -0.25) is 9.47 Å². The van der Waals surface area contributed by atoms with Crippen molar-refractivity contribution in [2.24, 2.45) is 0 Å². The Morgan fingerprint density at radius 1 is 1.07 bits per heavy atom. The van der Waals surface area contributed by atoms with Gasteiger partial charge in [-0.25, -0.2) is 4.79 Å². The van der Waals surface area contributed by atoms with Gasteiger partial charge in [-0.1, -0.05) is 11.6 Å². The third-order valence-electron chi connectivity index (χ3n) is 5.34. The zero-order valence-corrected chi connectivity index (χ0v) is 18.0. The molecule has 1 aromatic heterocycles. The number of ether oxygens (including phenoxy) is 1. The molecule has 9 nitrogen and oxygen atoms in total. The summed E-state index contributed by atoms with van der Waals surface area (Å²) in [7, 11) is -3.53. The quantitative estimate of drug-likeness (QED) is 0.703. The van der Waals surface area contributed by atoms with Crippen LogP contribution in [0, 0.1) is 0 Å². The molecule has 0 radical (unpaired) electrons. The van der Waals surface area contributed by atoms with Crippen LogP contribution in [0.4, 0.5) is 0 Å². The first-order valence-electron chi connectivity index (χ1n) is 9.66. The van der Waals surface area contributed by atoms with E-state index < -0.39 is 16.0 Å². The second-order valence-electron chi connectivity index (χ2n) is 7.65. The summed E-state index contributed by atoms with van der Waals surface area (Å²) in [6.45, 7) is 6.65. The number of benzene rings is 1. The second-order valence-corrected chi connectivity index (χ2v) is 10.0. The Morgan fingerprint density at radius 3 is 2.38 bits per heavy atom. The number of hydrogen-bond acceptors (Lipinski definition) is 6. The van der Waals surface area contributed by atoms with Crippen molar-refractivity contribution in [3.05, 3.63) is 33.8 Å². The van der Waals surface area contributed by atoms with Crippen LogP contribution in [-0.4, -0.2) is 78.0 Å². The summed E-state index contributed by atoms with van der Waals surface area (Å²) in [4.78, 5) is 14.3. The summed E-state index contributed by atoms with van der Waals surface area (Å²) in [5.74, 6) is -0.450. The highest BCUT2D eigenvalue weighted by Crippen LogP contribution is 2.21. The molecular weight excluding hydrogens is 420 g/mol. The standard InChI is InChI=1S/C18H25ClN4O5S/c1-13-10-22(11-14(2)27-13)29(25,26)21-7-5-20(6-8-21)12-23-16-4-3-15(19)9-17(16)28-18(23)24/h3-4,9,13-14H,5-8,10-12H2,1-2H3. The predicted octanol–water partition coefficient (Wildman–Crippen LogP) is 1.18. The Morgan fingerprint density at radius 2 is 1.72 bits per heavy atom. The average Bonchev–Trinajstić information content (AvgIpc) is 2.96. The smallest absolute Gasteiger partial charge is 0.408 e. The molecule has 2 atom stereocenters. The van der Waals surface area contributed by atoms with Gasteiger partial charge in [0, 0.05) is 50.4 Å². The molecule has 3 heterocycles. The molecule has 1 aromatic carbocycles. The molecule has 11 heteroatoms. The molecule has 2 fully saturated rings. The van der Waals surface area contributed by atoms with E-state index in [-0.39, 0.29) is 12.2 Å². The van der Waals surface area contributed by atoms with Gasteiger partial charge in [0.1, 0.15) is 0 Å². The zero-order valence-electron chi connectivity index (χ0n) is 16.5. The van der Waals surface area contributed by atoms with E-state index in [2.05, 4.69) is 0 Å².